The molecule has 0 unspecified atom stereocenters. The molecule has 6 heteroatoms. The summed E-state index contributed by atoms with van der Waals surface area (Å²) in [5.74, 6) is 0.0123. The maximum atomic E-state index is 13.5. The van der Waals surface area contributed by atoms with Crippen LogP contribution in [0.5, 0.6) is 0 Å². The van der Waals surface area contributed by atoms with E-state index < -0.39 is 11.6 Å². The summed E-state index contributed by atoms with van der Waals surface area (Å²) in [4.78, 5) is 6.00. The molecule has 0 fully saturated rings. The molecule has 0 aliphatic carbocycles. The normalized spacial score (nSPS) is 11.2. The molecule has 1 aromatic carbocycles. The molecule has 0 aliphatic rings. The van der Waals surface area contributed by atoms with E-state index in [1.807, 2.05) is 11.8 Å². The van der Waals surface area contributed by atoms with Gasteiger partial charge in [-0.3, -0.25) is 4.90 Å². The van der Waals surface area contributed by atoms with Gasteiger partial charge >= 0.3 is 0 Å². The Morgan fingerprint density at radius 3 is 2.68 bits per heavy atom. The van der Waals surface area contributed by atoms with Gasteiger partial charge in [0.25, 0.3) is 0 Å². The van der Waals surface area contributed by atoms with Gasteiger partial charge in [0, 0.05) is 24.6 Å². The predicted molar refractivity (Wildman–Crippen MR) is 65.2 cm³/mol. The molecule has 1 aromatic heterocycles. The average molecular weight is 267 g/mol. The van der Waals surface area contributed by atoms with Gasteiger partial charge in [0.05, 0.1) is 6.54 Å². The zero-order valence-corrected chi connectivity index (χ0v) is 10.9. The lowest BCUT2D eigenvalue weighted by atomic mass is 10.2. The number of hydrogen-bond acceptors (Lipinski definition) is 4. The van der Waals surface area contributed by atoms with Gasteiger partial charge in [-0.1, -0.05) is 18.1 Å². The highest BCUT2D eigenvalue weighted by atomic mass is 19.1. The Kier molecular flexibility index (Phi) is 4.21. The number of aromatic nitrogens is 2. The van der Waals surface area contributed by atoms with E-state index in [1.165, 1.54) is 12.1 Å². The third-order valence-corrected chi connectivity index (χ3v) is 2.69. The van der Waals surface area contributed by atoms with Crippen molar-refractivity contribution < 1.29 is 13.3 Å². The van der Waals surface area contributed by atoms with E-state index in [0.29, 0.717) is 36.8 Å². The van der Waals surface area contributed by atoms with E-state index in [2.05, 4.69) is 10.1 Å². The van der Waals surface area contributed by atoms with Gasteiger partial charge in [-0.25, -0.2) is 8.78 Å². The molecule has 0 amide bonds. The van der Waals surface area contributed by atoms with E-state index in [4.69, 9.17) is 4.52 Å². The van der Waals surface area contributed by atoms with Crippen LogP contribution in [0.25, 0.3) is 0 Å². The van der Waals surface area contributed by atoms with Crippen molar-refractivity contribution in [1.82, 2.24) is 15.0 Å². The van der Waals surface area contributed by atoms with Gasteiger partial charge in [-0.2, -0.15) is 4.98 Å². The van der Waals surface area contributed by atoms with Crippen molar-refractivity contribution in [2.24, 2.45) is 0 Å². The number of aryl methyl sites for hydroxylation is 1. The summed E-state index contributed by atoms with van der Waals surface area (Å²) >= 11 is 0. The van der Waals surface area contributed by atoms with Crippen LogP contribution in [0.1, 0.15) is 24.2 Å². The summed E-state index contributed by atoms with van der Waals surface area (Å²) in [6.45, 7) is 2.70. The van der Waals surface area contributed by atoms with E-state index in [1.54, 1.807) is 7.05 Å². The Morgan fingerprint density at radius 1 is 1.26 bits per heavy atom. The number of hydrogen-bond donors (Lipinski definition) is 0. The minimum atomic E-state index is -0.576. The van der Waals surface area contributed by atoms with Crippen molar-refractivity contribution in [3.63, 3.8) is 0 Å². The largest absolute Gasteiger partial charge is 0.338 e. The summed E-state index contributed by atoms with van der Waals surface area (Å²) in [5.41, 5.74) is 0.430. The molecular formula is C13H15F2N3O. The SMILES string of the molecule is CCc1noc(CN(C)Cc2ccc(F)cc2F)n1. The van der Waals surface area contributed by atoms with Crippen LogP contribution in [0.4, 0.5) is 8.78 Å². The first-order valence-corrected chi connectivity index (χ1v) is 6.02. The molecule has 0 N–H and O–H groups in total. The minimum absolute atomic E-state index is 0.343. The third kappa shape index (κ3) is 3.57. The highest BCUT2D eigenvalue weighted by Gasteiger charge is 2.11. The fourth-order valence-corrected chi connectivity index (χ4v) is 1.73. The molecule has 102 valence electrons. The first-order valence-electron chi connectivity index (χ1n) is 6.02. The maximum absolute atomic E-state index is 13.5. The molecule has 0 saturated heterocycles. The molecule has 0 atom stereocenters. The van der Waals surface area contributed by atoms with Crippen LogP contribution in [0, 0.1) is 11.6 Å². The topological polar surface area (TPSA) is 42.2 Å². The molecular weight excluding hydrogens is 252 g/mol. The summed E-state index contributed by atoms with van der Waals surface area (Å²) in [7, 11) is 1.80. The Hall–Kier alpha value is -1.82. The van der Waals surface area contributed by atoms with E-state index >= 15 is 0 Å². The Bertz CT molecular complexity index is 557. The van der Waals surface area contributed by atoms with Crippen molar-refractivity contribution in [3.8, 4) is 0 Å². The van der Waals surface area contributed by atoms with Crippen LogP contribution in [-0.4, -0.2) is 22.1 Å². The Labute approximate surface area is 110 Å². The van der Waals surface area contributed by atoms with Crippen LogP contribution in [0.15, 0.2) is 22.7 Å². The van der Waals surface area contributed by atoms with Gasteiger partial charge in [0.2, 0.25) is 5.89 Å². The first-order chi connectivity index (χ1) is 9.08. The minimum Gasteiger partial charge on any atom is -0.338 e. The molecule has 1 heterocycles. The van der Waals surface area contributed by atoms with Gasteiger partial charge in [0.1, 0.15) is 11.6 Å². The van der Waals surface area contributed by atoms with E-state index in [9.17, 15) is 8.78 Å². The van der Waals surface area contributed by atoms with Gasteiger partial charge in [-0.05, 0) is 13.1 Å². The summed E-state index contributed by atoms with van der Waals surface area (Å²) in [6, 6.07) is 3.56. The second-order valence-corrected chi connectivity index (χ2v) is 4.37. The van der Waals surface area contributed by atoms with Crippen molar-refractivity contribution in [1.29, 1.82) is 0 Å². The lowest BCUT2D eigenvalue weighted by Gasteiger charge is -2.14. The monoisotopic (exact) mass is 267 g/mol. The molecule has 0 bridgehead atoms. The summed E-state index contributed by atoms with van der Waals surface area (Å²) < 4.78 is 31.3. The number of benzene rings is 1. The van der Waals surface area contributed by atoms with Crippen molar-refractivity contribution >= 4 is 0 Å². The second kappa shape index (κ2) is 5.88. The fourth-order valence-electron chi connectivity index (χ4n) is 1.73. The average Bonchev–Trinajstić information content (AvgIpc) is 2.80. The summed E-state index contributed by atoms with van der Waals surface area (Å²) in [6.07, 6.45) is 0.708. The maximum Gasteiger partial charge on any atom is 0.240 e. The van der Waals surface area contributed by atoms with Crippen molar-refractivity contribution in [2.75, 3.05) is 7.05 Å². The van der Waals surface area contributed by atoms with E-state index in [0.717, 1.165) is 6.07 Å². The molecule has 0 radical (unpaired) electrons. The van der Waals surface area contributed by atoms with Crippen LogP contribution in [0.3, 0.4) is 0 Å². The van der Waals surface area contributed by atoms with Crippen molar-refractivity contribution in [2.45, 2.75) is 26.4 Å². The van der Waals surface area contributed by atoms with Crippen LogP contribution >= 0.6 is 0 Å². The van der Waals surface area contributed by atoms with Gasteiger partial charge < -0.3 is 4.52 Å². The van der Waals surface area contributed by atoms with Gasteiger partial charge in [-0.15, -0.1) is 0 Å². The standard InChI is InChI=1S/C13H15F2N3O/c1-3-12-16-13(19-17-12)8-18(2)7-9-4-5-10(14)6-11(9)15/h4-6H,3,7-8H2,1-2H3. The smallest absolute Gasteiger partial charge is 0.240 e. The first kappa shape index (κ1) is 13.6. The molecule has 19 heavy (non-hydrogen) atoms. The third-order valence-electron chi connectivity index (χ3n) is 2.69. The lowest BCUT2D eigenvalue weighted by Crippen LogP contribution is -2.18. The number of nitrogens with zero attached hydrogens (tertiary/aromatic N) is 3. The Morgan fingerprint density at radius 2 is 2.05 bits per heavy atom. The molecule has 0 spiro atoms. The predicted octanol–water partition coefficient (Wildman–Crippen LogP) is 2.54. The molecule has 0 saturated carbocycles. The number of rotatable bonds is 5. The zero-order chi connectivity index (χ0) is 13.8. The fraction of sp³-hybridized carbons (Fsp3) is 0.385. The van der Waals surface area contributed by atoms with Crippen molar-refractivity contribution in [3.05, 3.63) is 47.1 Å². The quantitative estimate of drug-likeness (QED) is 0.835. The second-order valence-electron chi connectivity index (χ2n) is 4.37. The molecule has 2 aromatic rings. The highest BCUT2D eigenvalue weighted by Crippen LogP contribution is 2.12. The number of halogens is 2. The molecule has 0 aliphatic heterocycles. The van der Waals surface area contributed by atoms with E-state index in [-0.39, 0.29) is 0 Å². The molecule has 2 rings (SSSR count). The summed E-state index contributed by atoms with van der Waals surface area (Å²) in [5, 5.41) is 3.79. The van der Waals surface area contributed by atoms with Crippen LogP contribution in [0.2, 0.25) is 0 Å². The Balaban J connectivity index is 1.98. The highest BCUT2D eigenvalue weighted by molar-refractivity contribution is 5.18. The lowest BCUT2D eigenvalue weighted by molar-refractivity contribution is 0.257. The van der Waals surface area contributed by atoms with Crippen LogP contribution < -0.4 is 0 Å². The zero-order valence-electron chi connectivity index (χ0n) is 10.9. The van der Waals surface area contributed by atoms with Crippen LogP contribution in [-0.2, 0) is 19.5 Å². The molecule has 4 nitrogen and oxygen atoms in total. The van der Waals surface area contributed by atoms with Gasteiger partial charge in [0.15, 0.2) is 5.82 Å².